The average Bonchev–Trinajstić information content (AvgIpc) is 3.00. The molecule has 3 rings (SSSR count). The van der Waals surface area contributed by atoms with Gasteiger partial charge in [0.25, 0.3) is 6.01 Å². The fourth-order valence-corrected chi connectivity index (χ4v) is 3.66. The topological polar surface area (TPSA) is 56.1 Å². The Morgan fingerprint density at radius 1 is 1.27 bits per heavy atom. The first-order valence-corrected chi connectivity index (χ1v) is 9.54. The summed E-state index contributed by atoms with van der Waals surface area (Å²) >= 11 is 5.91. The van der Waals surface area contributed by atoms with Crippen molar-refractivity contribution in [3.8, 4) is 6.01 Å². The first-order chi connectivity index (χ1) is 12.5. The Bertz CT molecular complexity index is 749. The zero-order chi connectivity index (χ0) is 18.7. The molecule has 1 saturated heterocycles. The van der Waals surface area contributed by atoms with Crippen LogP contribution < -0.4 is 10.1 Å². The maximum Gasteiger partial charge on any atom is 0.296 e. The number of hydrogen-bond acceptors (Lipinski definition) is 4. The Balaban J connectivity index is 1.79. The van der Waals surface area contributed by atoms with Crippen LogP contribution in [-0.2, 0) is 7.05 Å². The van der Waals surface area contributed by atoms with Crippen molar-refractivity contribution in [3.63, 3.8) is 0 Å². The average molecular weight is 376 g/mol. The molecule has 0 aliphatic carbocycles. The predicted octanol–water partition coefficient (Wildman–Crippen LogP) is 3.71. The van der Waals surface area contributed by atoms with Gasteiger partial charge < -0.3 is 10.1 Å². The first-order valence-electron chi connectivity index (χ1n) is 9.16. The standard InChI is InChI=1S/C20H26ClN3O2/c1-13(2)19(15-8-10-22-11-9-15)26-20-23-12-17(24(20)3)18(25)14-4-6-16(21)7-5-14/h4-7,12-13,15,19,22H,8-11H2,1-3H3. The molecule has 0 radical (unpaired) electrons. The lowest BCUT2D eigenvalue weighted by molar-refractivity contribution is 0.0602. The third kappa shape index (κ3) is 4.10. The van der Waals surface area contributed by atoms with Crippen LogP contribution in [0.5, 0.6) is 6.01 Å². The van der Waals surface area contributed by atoms with E-state index in [4.69, 9.17) is 16.3 Å². The van der Waals surface area contributed by atoms with E-state index in [1.165, 1.54) is 0 Å². The van der Waals surface area contributed by atoms with Crippen LogP contribution in [0, 0.1) is 11.8 Å². The molecule has 1 N–H and O–H groups in total. The van der Waals surface area contributed by atoms with E-state index in [0.717, 1.165) is 25.9 Å². The number of ketones is 1. The minimum absolute atomic E-state index is 0.0884. The molecule has 1 fully saturated rings. The van der Waals surface area contributed by atoms with E-state index in [2.05, 4.69) is 24.1 Å². The summed E-state index contributed by atoms with van der Waals surface area (Å²) in [6.07, 6.45) is 3.89. The van der Waals surface area contributed by atoms with Gasteiger partial charge in [-0.2, -0.15) is 0 Å². The molecule has 5 nitrogen and oxygen atoms in total. The Morgan fingerprint density at radius 3 is 2.54 bits per heavy atom. The Kier molecular flexibility index (Phi) is 5.99. The highest BCUT2D eigenvalue weighted by atomic mass is 35.5. The molecule has 1 unspecified atom stereocenters. The van der Waals surface area contributed by atoms with Crippen molar-refractivity contribution < 1.29 is 9.53 Å². The second kappa shape index (κ2) is 8.23. The summed E-state index contributed by atoms with van der Waals surface area (Å²) in [6.45, 7) is 6.40. The Morgan fingerprint density at radius 2 is 1.92 bits per heavy atom. The number of carbonyl (C=O) groups excluding carboxylic acids is 1. The number of nitrogens with one attached hydrogen (secondary N) is 1. The van der Waals surface area contributed by atoms with Crippen molar-refractivity contribution >= 4 is 17.4 Å². The van der Waals surface area contributed by atoms with Crippen LogP contribution in [0.2, 0.25) is 5.02 Å². The van der Waals surface area contributed by atoms with E-state index < -0.39 is 0 Å². The monoisotopic (exact) mass is 375 g/mol. The van der Waals surface area contributed by atoms with Crippen molar-refractivity contribution in [2.75, 3.05) is 13.1 Å². The summed E-state index contributed by atoms with van der Waals surface area (Å²) in [5.41, 5.74) is 1.10. The molecule has 1 aliphatic heterocycles. The lowest BCUT2D eigenvalue weighted by atomic mass is 9.86. The lowest BCUT2D eigenvalue weighted by Gasteiger charge is -2.33. The molecule has 0 amide bonds. The Hall–Kier alpha value is -1.85. The van der Waals surface area contributed by atoms with Gasteiger partial charge >= 0.3 is 0 Å². The maximum atomic E-state index is 12.7. The molecule has 2 aromatic rings. The number of nitrogens with zero attached hydrogens (tertiary/aromatic N) is 2. The fourth-order valence-electron chi connectivity index (χ4n) is 3.53. The number of imidazole rings is 1. The molecule has 0 spiro atoms. The van der Waals surface area contributed by atoms with E-state index in [9.17, 15) is 4.79 Å². The Labute approximate surface area is 159 Å². The van der Waals surface area contributed by atoms with Gasteiger partial charge in [0.15, 0.2) is 0 Å². The van der Waals surface area contributed by atoms with Crippen molar-refractivity contribution in [3.05, 3.63) is 46.7 Å². The van der Waals surface area contributed by atoms with E-state index >= 15 is 0 Å². The number of aromatic nitrogens is 2. The number of rotatable bonds is 6. The summed E-state index contributed by atoms with van der Waals surface area (Å²) in [5, 5.41) is 4.00. The third-order valence-corrected chi connectivity index (χ3v) is 5.28. The van der Waals surface area contributed by atoms with Crippen molar-refractivity contribution in [2.24, 2.45) is 18.9 Å². The van der Waals surface area contributed by atoms with Crippen molar-refractivity contribution in [1.82, 2.24) is 14.9 Å². The second-order valence-corrected chi connectivity index (χ2v) is 7.67. The van der Waals surface area contributed by atoms with Crippen LogP contribution in [0.3, 0.4) is 0 Å². The van der Waals surface area contributed by atoms with Crippen LogP contribution in [-0.4, -0.2) is 34.5 Å². The second-order valence-electron chi connectivity index (χ2n) is 7.23. The quantitative estimate of drug-likeness (QED) is 0.782. The smallest absolute Gasteiger partial charge is 0.296 e. The van der Waals surface area contributed by atoms with Gasteiger partial charge in [-0.3, -0.25) is 9.36 Å². The number of halogens is 1. The van der Waals surface area contributed by atoms with Gasteiger partial charge in [-0.05, 0) is 62.0 Å². The van der Waals surface area contributed by atoms with Crippen LogP contribution >= 0.6 is 11.6 Å². The van der Waals surface area contributed by atoms with E-state index in [1.54, 1.807) is 35.0 Å². The number of carbonyl (C=O) groups is 1. The van der Waals surface area contributed by atoms with E-state index in [1.807, 2.05) is 7.05 Å². The summed E-state index contributed by atoms with van der Waals surface area (Å²) in [6, 6.07) is 7.39. The molecule has 2 heterocycles. The number of ether oxygens (including phenoxy) is 1. The van der Waals surface area contributed by atoms with Crippen LogP contribution in [0.4, 0.5) is 0 Å². The van der Waals surface area contributed by atoms with Gasteiger partial charge in [-0.15, -0.1) is 0 Å². The highest BCUT2D eigenvalue weighted by Crippen LogP contribution is 2.27. The molecule has 6 heteroatoms. The third-order valence-electron chi connectivity index (χ3n) is 5.03. The molecule has 26 heavy (non-hydrogen) atoms. The molecular weight excluding hydrogens is 350 g/mol. The lowest BCUT2D eigenvalue weighted by Crippen LogP contribution is -2.40. The number of benzene rings is 1. The van der Waals surface area contributed by atoms with E-state index in [-0.39, 0.29) is 11.9 Å². The van der Waals surface area contributed by atoms with Gasteiger partial charge in [0.2, 0.25) is 5.78 Å². The largest absolute Gasteiger partial charge is 0.461 e. The summed E-state index contributed by atoms with van der Waals surface area (Å²) in [7, 11) is 1.82. The van der Waals surface area contributed by atoms with Gasteiger partial charge in [-0.1, -0.05) is 25.4 Å². The summed E-state index contributed by atoms with van der Waals surface area (Å²) in [5.74, 6) is 0.795. The zero-order valence-electron chi connectivity index (χ0n) is 15.5. The molecule has 1 atom stereocenters. The van der Waals surface area contributed by atoms with Gasteiger partial charge in [-0.25, -0.2) is 4.98 Å². The fraction of sp³-hybridized carbons (Fsp3) is 0.500. The van der Waals surface area contributed by atoms with Crippen molar-refractivity contribution in [2.45, 2.75) is 32.8 Å². The van der Waals surface area contributed by atoms with Crippen LogP contribution in [0.25, 0.3) is 0 Å². The highest BCUT2D eigenvalue weighted by Gasteiger charge is 2.29. The molecule has 0 bridgehead atoms. The predicted molar refractivity (Wildman–Crippen MR) is 103 cm³/mol. The van der Waals surface area contributed by atoms with Crippen molar-refractivity contribution in [1.29, 1.82) is 0 Å². The zero-order valence-corrected chi connectivity index (χ0v) is 16.3. The summed E-state index contributed by atoms with van der Waals surface area (Å²) in [4.78, 5) is 17.1. The molecule has 1 aliphatic rings. The van der Waals surface area contributed by atoms with Crippen LogP contribution in [0.15, 0.2) is 30.5 Å². The molecule has 140 valence electrons. The van der Waals surface area contributed by atoms with Gasteiger partial charge in [0.05, 0.1) is 6.20 Å². The molecule has 1 aromatic heterocycles. The van der Waals surface area contributed by atoms with Gasteiger partial charge in [0.1, 0.15) is 11.8 Å². The minimum Gasteiger partial charge on any atom is -0.461 e. The molecule has 1 aromatic carbocycles. The summed E-state index contributed by atoms with van der Waals surface area (Å²) < 4.78 is 8.03. The van der Waals surface area contributed by atoms with Gasteiger partial charge in [0, 0.05) is 17.6 Å². The maximum absolute atomic E-state index is 12.7. The molecule has 0 saturated carbocycles. The normalized spacial score (nSPS) is 16.7. The first kappa shape index (κ1) is 18.9. The number of piperidine rings is 1. The van der Waals surface area contributed by atoms with E-state index in [0.29, 0.717) is 34.1 Å². The highest BCUT2D eigenvalue weighted by molar-refractivity contribution is 6.30. The van der Waals surface area contributed by atoms with Crippen LogP contribution in [0.1, 0.15) is 42.7 Å². The number of hydrogen-bond donors (Lipinski definition) is 1. The SMILES string of the molecule is CC(C)C(Oc1ncc(C(=O)c2ccc(Cl)cc2)n1C)C1CCNCC1. The minimum atomic E-state index is -0.0884. The molecular formula is C20H26ClN3O2.